The quantitative estimate of drug-likeness (QED) is 0.165. The summed E-state index contributed by atoms with van der Waals surface area (Å²) in [5.74, 6) is 0.834. The average molecular weight is 682 g/mol. The molecule has 0 saturated carbocycles. The van der Waals surface area contributed by atoms with E-state index in [0.717, 1.165) is 74.8 Å². The number of nitrogens with two attached hydrogens (primary N) is 2. The van der Waals surface area contributed by atoms with Gasteiger partial charge in [0.15, 0.2) is 0 Å². The number of fused-ring (bicyclic) bond motifs is 2. The molecule has 0 bridgehead atoms. The number of nitrogens with one attached hydrogen (secondary N) is 3. The molecule has 0 spiro atoms. The predicted octanol–water partition coefficient (Wildman–Crippen LogP) is 4.98. The van der Waals surface area contributed by atoms with Crippen LogP contribution < -0.4 is 22.1 Å². The third-order valence-corrected chi connectivity index (χ3v) is 9.58. The molecular formula is C39H39N9O3. The maximum Gasteiger partial charge on any atom is 0.256 e. The topological polar surface area (TPSA) is 175 Å². The molecule has 51 heavy (non-hydrogen) atoms. The molecule has 0 atom stereocenters. The molecule has 1 fully saturated rings. The van der Waals surface area contributed by atoms with Gasteiger partial charge in [0.1, 0.15) is 11.6 Å². The molecule has 3 aromatic heterocycles. The lowest BCUT2D eigenvalue weighted by atomic mass is 9.95. The smallest absolute Gasteiger partial charge is 0.256 e. The SMILES string of the molecule is Cc1[nH]c(C=C2C(=O)Nc3cccc(-c4ccc(N)nc4)c32)c(C)c1C(=O)N1CCN(C)CC1.Nc1ccc(-c2cccc3c2CC(=O)N3)cn1. The molecule has 0 unspecified atom stereocenters. The highest BCUT2D eigenvalue weighted by Gasteiger charge is 2.30. The maximum absolute atomic E-state index is 13.3. The zero-order valence-corrected chi connectivity index (χ0v) is 28.7. The fourth-order valence-electron chi connectivity index (χ4n) is 6.83. The van der Waals surface area contributed by atoms with Crippen LogP contribution >= 0.6 is 0 Å². The van der Waals surface area contributed by atoms with E-state index in [2.05, 4.69) is 37.5 Å². The third kappa shape index (κ3) is 6.56. The van der Waals surface area contributed by atoms with Crippen LogP contribution in [0.3, 0.4) is 0 Å². The molecule has 12 nitrogen and oxygen atoms in total. The Balaban J connectivity index is 0.000000199. The second-order valence-corrected chi connectivity index (χ2v) is 13.0. The Morgan fingerprint density at radius 1 is 0.804 bits per heavy atom. The number of aromatic nitrogens is 3. The van der Waals surface area contributed by atoms with Gasteiger partial charge < -0.3 is 36.9 Å². The molecule has 2 aromatic carbocycles. The van der Waals surface area contributed by atoms with Crippen molar-refractivity contribution in [2.75, 3.05) is 55.3 Å². The second-order valence-electron chi connectivity index (χ2n) is 13.0. The molecule has 3 aliphatic rings. The van der Waals surface area contributed by atoms with Gasteiger partial charge in [-0.1, -0.05) is 24.3 Å². The number of H-pyrrole nitrogens is 1. The number of nitrogens with zero attached hydrogens (tertiary/aromatic N) is 4. The molecule has 3 aliphatic heterocycles. The van der Waals surface area contributed by atoms with Crippen LogP contribution in [0.4, 0.5) is 23.0 Å². The van der Waals surface area contributed by atoms with Crippen molar-refractivity contribution in [1.82, 2.24) is 24.8 Å². The summed E-state index contributed by atoms with van der Waals surface area (Å²) >= 11 is 0. The number of piperazine rings is 1. The summed E-state index contributed by atoms with van der Waals surface area (Å²) in [6.07, 6.45) is 5.71. The molecule has 8 rings (SSSR count). The molecule has 0 radical (unpaired) electrons. The summed E-state index contributed by atoms with van der Waals surface area (Å²) in [5, 5.41) is 5.80. The van der Waals surface area contributed by atoms with Crippen molar-refractivity contribution >= 4 is 52.4 Å². The summed E-state index contributed by atoms with van der Waals surface area (Å²) in [6.45, 7) is 7.00. The maximum atomic E-state index is 13.3. The highest BCUT2D eigenvalue weighted by Crippen LogP contribution is 2.41. The van der Waals surface area contributed by atoms with Gasteiger partial charge >= 0.3 is 0 Å². The Hall–Kier alpha value is -6.27. The number of aromatic amines is 1. The number of carbonyl (C=O) groups excluding carboxylic acids is 3. The van der Waals surface area contributed by atoms with E-state index in [4.69, 9.17) is 11.5 Å². The number of aryl methyl sites for hydroxylation is 1. The van der Waals surface area contributed by atoms with Crippen LogP contribution in [0.1, 0.15) is 38.4 Å². The predicted molar refractivity (Wildman–Crippen MR) is 201 cm³/mol. The normalized spacial score (nSPS) is 15.9. The van der Waals surface area contributed by atoms with E-state index in [1.807, 2.05) is 73.4 Å². The second kappa shape index (κ2) is 13.6. The van der Waals surface area contributed by atoms with E-state index in [-0.39, 0.29) is 17.7 Å². The molecular weight excluding hydrogens is 642 g/mol. The highest BCUT2D eigenvalue weighted by molar-refractivity contribution is 6.36. The average Bonchev–Trinajstić information content (AvgIpc) is 3.76. The zero-order valence-electron chi connectivity index (χ0n) is 28.7. The first-order valence-electron chi connectivity index (χ1n) is 16.8. The molecule has 6 heterocycles. The number of nitrogen functional groups attached to an aromatic ring is 2. The molecule has 1 saturated heterocycles. The van der Waals surface area contributed by atoms with Crippen molar-refractivity contribution in [3.63, 3.8) is 0 Å². The van der Waals surface area contributed by atoms with Crippen LogP contribution in [0.2, 0.25) is 0 Å². The van der Waals surface area contributed by atoms with Gasteiger partial charge in [-0.05, 0) is 85.6 Å². The zero-order chi connectivity index (χ0) is 35.8. The van der Waals surface area contributed by atoms with Crippen molar-refractivity contribution in [3.8, 4) is 22.3 Å². The largest absolute Gasteiger partial charge is 0.384 e. The number of hydrogen-bond acceptors (Lipinski definition) is 8. The Bertz CT molecular complexity index is 2200. The van der Waals surface area contributed by atoms with E-state index in [1.165, 1.54) is 0 Å². The minimum atomic E-state index is -0.176. The van der Waals surface area contributed by atoms with Gasteiger partial charge in [0.05, 0.1) is 17.6 Å². The summed E-state index contributed by atoms with van der Waals surface area (Å²) in [4.78, 5) is 53.4. The first kappa shape index (κ1) is 33.2. The van der Waals surface area contributed by atoms with E-state index >= 15 is 0 Å². The number of amides is 3. The number of carbonyl (C=O) groups is 3. The summed E-state index contributed by atoms with van der Waals surface area (Å²) < 4.78 is 0. The standard InChI is InChI=1S/C26H28N6O2.C13H11N3O/c1-15-21(29-16(2)23(15)26(34)32-11-9-31(3)10-12-32)13-19-24-18(17-7-8-22(27)28-14-17)5-4-6-20(24)30-25(19)33;14-12-5-4-8(7-15-12)9-2-1-3-11-10(9)6-13(17)16-11/h4-8,13-14,29H,9-12H2,1-3H3,(H2,27,28)(H,30,33);1-5,7H,6H2,(H2,14,15)(H,16,17). The minimum Gasteiger partial charge on any atom is -0.384 e. The van der Waals surface area contributed by atoms with Gasteiger partial charge in [0.2, 0.25) is 5.91 Å². The van der Waals surface area contributed by atoms with Gasteiger partial charge in [-0.25, -0.2) is 9.97 Å². The van der Waals surface area contributed by atoms with Crippen molar-refractivity contribution < 1.29 is 14.4 Å². The van der Waals surface area contributed by atoms with Gasteiger partial charge in [-0.3, -0.25) is 14.4 Å². The van der Waals surface area contributed by atoms with E-state index < -0.39 is 0 Å². The van der Waals surface area contributed by atoms with Crippen LogP contribution in [-0.2, 0) is 16.0 Å². The molecule has 3 amide bonds. The van der Waals surface area contributed by atoms with Gasteiger partial charge in [0, 0.05) is 78.0 Å². The Morgan fingerprint density at radius 3 is 2.08 bits per heavy atom. The number of rotatable bonds is 4. The van der Waals surface area contributed by atoms with Crippen LogP contribution in [-0.4, -0.2) is 75.7 Å². The van der Waals surface area contributed by atoms with Gasteiger partial charge in [-0.15, -0.1) is 0 Å². The first-order chi connectivity index (χ1) is 24.6. The third-order valence-electron chi connectivity index (χ3n) is 9.58. The van der Waals surface area contributed by atoms with Crippen LogP contribution in [0, 0.1) is 13.8 Å². The monoisotopic (exact) mass is 681 g/mol. The molecule has 12 heteroatoms. The van der Waals surface area contributed by atoms with Crippen LogP contribution in [0.15, 0.2) is 73.1 Å². The Kier molecular flexibility index (Phi) is 8.84. The number of benzene rings is 2. The molecule has 258 valence electrons. The highest BCUT2D eigenvalue weighted by atomic mass is 16.2. The molecule has 7 N–H and O–H groups in total. The van der Waals surface area contributed by atoms with E-state index in [9.17, 15) is 14.4 Å². The summed E-state index contributed by atoms with van der Waals surface area (Å²) in [5.41, 5.74) is 22.2. The van der Waals surface area contributed by atoms with Crippen molar-refractivity contribution in [3.05, 3.63) is 107 Å². The van der Waals surface area contributed by atoms with Gasteiger partial charge in [-0.2, -0.15) is 0 Å². The number of anilines is 4. The van der Waals surface area contributed by atoms with Gasteiger partial charge in [0.25, 0.3) is 11.8 Å². The minimum absolute atomic E-state index is 0.0360. The molecule has 5 aromatic rings. The van der Waals surface area contributed by atoms with E-state index in [0.29, 0.717) is 42.3 Å². The molecule has 0 aliphatic carbocycles. The lowest BCUT2D eigenvalue weighted by molar-refractivity contribution is -0.115. The van der Waals surface area contributed by atoms with Crippen molar-refractivity contribution in [1.29, 1.82) is 0 Å². The van der Waals surface area contributed by atoms with Crippen LogP contribution in [0.5, 0.6) is 0 Å². The number of pyridine rings is 2. The number of hydrogen-bond donors (Lipinski definition) is 5. The van der Waals surface area contributed by atoms with Crippen LogP contribution in [0.25, 0.3) is 33.9 Å². The number of likely N-dealkylation sites (N-methyl/N-ethyl adjacent to an activating group) is 1. The lowest BCUT2D eigenvalue weighted by Crippen LogP contribution is -2.47. The Morgan fingerprint density at radius 2 is 1.43 bits per heavy atom. The Labute approximate surface area is 295 Å². The fraction of sp³-hybridized carbons (Fsp3) is 0.205. The van der Waals surface area contributed by atoms with E-state index in [1.54, 1.807) is 24.5 Å². The van der Waals surface area contributed by atoms with Crippen molar-refractivity contribution in [2.24, 2.45) is 0 Å². The van der Waals surface area contributed by atoms with Crippen molar-refractivity contribution in [2.45, 2.75) is 20.3 Å². The summed E-state index contributed by atoms with van der Waals surface area (Å²) in [7, 11) is 2.07. The lowest BCUT2D eigenvalue weighted by Gasteiger charge is -2.32. The fourth-order valence-corrected chi connectivity index (χ4v) is 6.83. The first-order valence-corrected chi connectivity index (χ1v) is 16.8. The summed E-state index contributed by atoms with van der Waals surface area (Å²) in [6, 6.07) is 18.9.